The first-order valence-electron chi connectivity index (χ1n) is 8.18. The highest BCUT2D eigenvalue weighted by Gasteiger charge is 2.18. The van der Waals surface area contributed by atoms with Crippen molar-refractivity contribution in [2.24, 2.45) is 0 Å². The van der Waals surface area contributed by atoms with Crippen LogP contribution in [0.25, 0.3) is 10.9 Å². The van der Waals surface area contributed by atoms with E-state index in [0.29, 0.717) is 11.5 Å². The number of hydrogen-bond donors (Lipinski definition) is 1. The number of halogens is 2. The molecular formula is C19H17F2N3O2S. The molecule has 1 amide bonds. The number of alkyl halides is 2. The summed E-state index contributed by atoms with van der Waals surface area (Å²) in [6, 6.07) is 13.4. The lowest BCUT2D eigenvalue weighted by molar-refractivity contribution is -0.115. The van der Waals surface area contributed by atoms with E-state index < -0.39 is 11.9 Å². The summed E-state index contributed by atoms with van der Waals surface area (Å²) in [5, 5.41) is 3.97. The van der Waals surface area contributed by atoms with Crippen LogP contribution in [0.15, 0.2) is 53.6 Å². The Bertz CT molecular complexity index is 951. The molecule has 1 atom stereocenters. The Morgan fingerprint density at radius 1 is 1.11 bits per heavy atom. The molecule has 3 rings (SSSR count). The van der Waals surface area contributed by atoms with Gasteiger partial charge in [-0.1, -0.05) is 30.0 Å². The third-order valence-electron chi connectivity index (χ3n) is 3.68. The Morgan fingerprint density at radius 2 is 1.81 bits per heavy atom. The number of carbonyl (C=O) groups excluding carboxylic acids is 1. The molecule has 1 aromatic heterocycles. The Morgan fingerprint density at radius 3 is 2.52 bits per heavy atom. The number of amides is 1. The molecule has 0 aliphatic carbocycles. The van der Waals surface area contributed by atoms with E-state index in [1.54, 1.807) is 6.92 Å². The van der Waals surface area contributed by atoms with Crippen molar-refractivity contribution in [2.75, 3.05) is 5.32 Å². The predicted octanol–water partition coefficient (Wildman–Crippen LogP) is 4.66. The van der Waals surface area contributed by atoms with E-state index in [2.05, 4.69) is 20.0 Å². The van der Waals surface area contributed by atoms with E-state index in [0.717, 1.165) is 15.9 Å². The fraction of sp³-hybridized carbons (Fsp3) is 0.211. The number of nitrogens with zero attached hydrogens (tertiary/aromatic N) is 2. The number of rotatable bonds is 6. The molecule has 1 unspecified atom stereocenters. The first-order valence-corrected chi connectivity index (χ1v) is 9.06. The number of para-hydroxylation sites is 1. The van der Waals surface area contributed by atoms with Crippen LogP contribution in [0.1, 0.15) is 12.7 Å². The molecule has 0 aliphatic heterocycles. The second-order valence-corrected chi connectivity index (χ2v) is 7.07. The minimum atomic E-state index is -2.88. The first kappa shape index (κ1) is 19.0. The molecule has 140 valence electrons. The maximum atomic E-state index is 12.5. The third-order valence-corrected chi connectivity index (χ3v) is 4.79. The van der Waals surface area contributed by atoms with Gasteiger partial charge < -0.3 is 10.1 Å². The summed E-state index contributed by atoms with van der Waals surface area (Å²) in [6.07, 6.45) is 0. The second kappa shape index (κ2) is 8.30. The molecule has 5 nitrogen and oxygen atoms in total. The minimum absolute atomic E-state index is 0.0355. The van der Waals surface area contributed by atoms with E-state index in [4.69, 9.17) is 0 Å². The molecule has 0 radical (unpaired) electrons. The molecular weight excluding hydrogens is 372 g/mol. The molecule has 1 heterocycles. The van der Waals surface area contributed by atoms with Crippen LogP contribution in [-0.2, 0) is 4.79 Å². The number of ether oxygens (including phenoxy) is 1. The molecule has 0 saturated carbocycles. The van der Waals surface area contributed by atoms with Crippen molar-refractivity contribution in [1.29, 1.82) is 0 Å². The Balaban J connectivity index is 1.69. The Kier molecular flexibility index (Phi) is 5.85. The van der Waals surface area contributed by atoms with Crippen molar-refractivity contribution in [3.63, 3.8) is 0 Å². The van der Waals surface area contributed by atoms with Crippen LogP contribution in [0.5, 0.6) is 5.75 Å². The van der Waals surface area contributed by atoms with E-state index in [1.165, 1.54) is 36.0 Å². The molecule has 8 heteroatoms. The van der Waals surface area contributed by atoms with E-state index in [1.807, 2.05) is 31.2 Å². The van der Waals surface area contributed by atoms with Crippen LogP contribution >= 0.6 is 11.8 Å². The normalized spacial score (nSPS) is 12.2. The van der Waals surface area contributed by atoms with Gasteiger partial charge in [0.15, 0.2) is 0 Å². The monoisotopic (exact) mass is 389 g/mol. The maximum absolute atomic E-state index is 12.5. The van der Waals surface area contributed by atoms with Crippen molar-refractivity contribution in [3.05, 3.63) is 54.4 Å². The lowest BCUT2D eigenvalue weighted by atomic mass is 10.2. The average molecular weight is 389 g/mol. The number of nitrogens with one attached hydrogen (secondary N) is 1. The van der Waals surface area contributed by atoms with Gasteiger partial charge in [0.05, 0.1) is 10.8 Å². The highest BCUT2D eigenvalue weighted by Crippen LogP contribution is 2.29. The molecule has 0 bridgehead atoms. The van der Waals surface area contributed by atoms with Crippen molar-refractivity contribution >= 4 is 34.3 Å². The van der Waals surface area contributed by atoms with Gasteiger partial charge >= 0.3 is 6.61 Å². The largest absolute Gasteiger partial charge is 0.435 e. The quantitative estimate of drug-likeness (QED) is 0.491. The number of fused-ring (bicyclic) bond motifs is 1. The Hall–Kier alpha value is -2.74. The van der Waals surface area contributed by atoms with Gasteiger partial charge in [-0.25, -0.2) is 9.97 Å². The summed E-state index contributed by atoms with van der Waals surface area (Å²) in [5.74, 6) is 0.453. The predicted molar refractivity (Wildman–Crippen MR) is 101 cm³/mol. The van der Waals surface area contributed by atoms with Crippen LogP contribution in [0.4, 0.5) is 14.5 Å². The minimum Gasteiger partial charge on any atom is -0.435 e. The third kappa shape index (κ3) is 4.91. The average Bonchev–Trinajstić information content (AvgIpc) is 2.62. The van der Waals surface area contributed by atoms with Crippen LogP contribution in [0.2, 0.25) is 0 Å². The van der Waals surface area contributed by atoms with Crippen LogP contribution < -0.4 is 10.1 Å². The SMILES string of the molecule is Cc1nc(SC(C)C(=O)Nc2ccc(OC(F)F)cc2)c2ccccc2n1. The molecule has 0 fully saturated rings. The summed E-state index contributed by atoms with van der Waals surface area (Å²) in [7, 11) is 0. The van der Waals surface area contributed by atoms with Gasteiger partial charge in [0.25, 0.3) is 0 Å². The highest BCUT2D eigenvalue weighted by molar-refractivity contribution is 8.00. The van der Waals surface area contributed by atoms with Gasteiger partial charge in [-0.3, -0.25) is 4.79 Å². The van der Waals surface area contributed by atoms with Gasteiger partial charge in [0.2, 0.25) is 5.91 Å². The van der Waals surface area contributed by atoms with Gasteiger partial charge in [-0.05, 0) is 44.2 Å². The number of aryl methyl sites for hydroxylation is 1. The lowest BCUT2D eigenvalue weighted by Crippen LogP contribution is -2.22. The molecule has 0 spiro atoms. The molecule has 1 N–H and O–H groups in total. The van der Waals surface area contributed by atoms with Gasteiger partial charge in [0, 0.05) is 11.1 Å². The molecule has 0 aliphatic rings. The smallest absolute Gasteiger partial charge is 0.387 e. The van der Waals surface area contributed by atoms with E-state index in [9.17, 15) is 13.6 Å². The van der Waals surface area contributed by atoms with E-state index >= 15 is 0 Å². The summed E-state index contributed by atoms with van der Waals surface area (Å²) < 4.78 is 28.6. The molecule has 0 saturated heterocycles. The zero-order chi connectivity index (χ0) is 19.4. The topological polar surface area (TPSA) is 64.1 Å². The number of benzene rings is 2. The maximum Gasteiger partial charge on any atom is 0.387 e. The Labute approximate surface area is 159 Å². The zero-order valence-corrected chi connectivity index (χ0v) is 15.5. The standard InChI is InChI=1S/C19H17F2N3O2S/c1-11(17(25)24-13-7-9-14(10-8-13)26-19(20)21)27-18-15-5-3-4-6-16(15)22-12(2)23-18/h3-11,19H,1-2H3,(H,24,25). The lowest BCUT2D eigenvalue weighted by Gasteiger charge is -2.13. The molecule has 27 heavy (non-hydrogen) atoms. The zero-order valence-electron chi connectivity index (χ0n) is 14.6. The summed E-state index contributed by atoms with van der Waals surface area (Å²) in [6.45, 7) is 0.707. The summed E-state index contributed by atoms with van der Waals surface area (Å²) in [5.41, 5.74) is 1.33. The van der Waals surface area contributed by atoms with Crippen molar-refractivity contribution in [1.82, 2.24) is 9.97 Å². The second-order valence-electron chi connectivity index (χ2n) is 5.75. The number of carbonyl (C=O) groups is 1. The first-order chi connectivity index (χ1) is 12.9. The van der Waals surface area contributed by atoms with Crippen molar-refractivity contribution in [2.45, 2.75) is 30.7 Å². The van der Waals surface area contributed by atoms with Crippen molar-refractivity contribution < 1.29 is 18.3 Å². The van der Waals surface area contributed by atoms with Crippen LogP contribution in [0, 0.1) is 6.92 Å². The van der Waals surface area contributed by atoms with Crippen molar-refractivity contribution in [3.8, 4) is 5.75 Å². The van der Waals surface area contributed by atoms with Gasteiger partial charge in [0.1, 0.15) is 16.6 Å². The number of thioether (sulfide) groups is 1. The fourth-order valence-electron chi connectivity index (χ4n) is 2.43. The summed E-state index contributed by atoms with van der Waals surface area (Å²) in [4.78, 5) is 21.3. The van der Waals surface area contributed by atoms with Gasteiger partial charge in [-0.2, -0.15) is 8.78 Å². The van der Waals surface area contributed by atoms with E-state index in [-0.39, 0.29) is 11.7 Å². The fourth-order valence-corrected chi connectivity index (χ4v) is 3.42. The number of anilines is 1. The van der Waals surface area contributed by atoms with Crippen LogP contribution in [-0.4, -0.2) is 27.7 Å². The number of hydrogen-bond acceptors (Lipinski definition) is 5. The molecule has 2 aromatic carbocycles. The molecule has 3 aromatic rings. The highest BCUT2D eigenvalue weighted by atomic mass is 32.2. The van der Waals surface area contributed by atoms with Crippen LogP contribution in [0.3, 0.4) is 0 Å². The van der Waals surface area contributed by atoms with Gasteiger partial charge in [-0.15, -0.1) is 0 Å². The summed E-state index contributed by atoms with van der Waals surface area (Å²) >= 11 is 1.34. The number of aromatic nitrogens is 2.